The average Bonchev–Trinajstić information content (AvgIpc) is 3.01. The first-order valence-electron chi connectivity index (χ1n) is 5.73. The van der Waals surface area contributed by atoms with Gasteiger partial charge in [0.05, 0.1) is 11.7 Å². The van der Waals surface area contributed by atoms with E-state index < -0.39 is 0 Å². The predicted octanol–water partition coefficient (Wildman–Crippen LogP) is 0.897. The second kappa shape index (κ2) is 3.76. The molecule has 0 atom stereocenters. The van der Waals surface area contributed by atoms with Crippen molar-refractivity contribution >= 4 is 22.5 Å². The largest absolute Gasteiger partial charge is 0.399 e. The molecule has 0 aliphatic heterocycles. The quantitative estimate of drug-likeness (QED) is 0.769. The Labute approximate surface area is 98.6 Å². The monoisotopic (exact) mass is 230 g/mol. The van der Waals surface area contributed by atoms with Crippen molar-refractivity contribution in [2.45, 2.75) is 25.4 Å². The Morgan fingerprint density at radius 2 is 2.35 bits per heavy atom. The number of carbonyl (C=O) groups excluding carboxylic acids is 1. The predicted molar refractivity (Wildman–Crippen MR) is 65.3 cm³/mol. The molecule has 17 heavy (non-hydrogen) atoms. The van der Waals surface area contributed by atoms with Gasteiger partial charge in [-0.3, -0.25) is 9.48 Å². The Balaban J connectivity index is 1.83. The smallest absolute Gasteiger partial charge is 0.241 e. The van der Waals surface area contributed by atoms with E-state index in [1.54, 1.807) is 10.9 Å². The third kappa shape index (κ3) is 2.08. The Bertz CT molecular complexity index is 571. The first-order valence-corrected chi connectivity index (χ1v) is 5.73. The third-order valence-corrected chi connectivity index (χ3v) is 2.90. The van der Waals surface area contributed by atoms with Gasteiger partial charge in [0, 0.05) is 17.1 Å². The van der Waals surface area contributed by atoms with E-state index in [2.05, 4.69) is 10.4 Å². The fourth-order valence-electron chi connectivity index (χ4n) is 1.85. The zero-order chi connectivity index (χ0) is 11.8. The molecule has 5 heteroatoms. The van der Waals surface area contributed by atoms with Gasteiger partial charge in [-0.25, -0.2) is 0 Å². The van der Waals surface area contributed by atoms with Crippen molar-refractivity contribution in [2.75, 3.05) is 5.73 Å². The fourth-order valence-corrected chi connectivity index (χ4v) is 1.85. The fraction of sp³-hybridized carbons (Fsp3) is 0.333. The van der Waals surface area contributed by atoms with Crippen molar-refractivity contribution in [1.29, 1.82) is 0 Å². The molecule has 1 aliphatic carbocycles. The molecule has 0 unspecified atom stereocenters. The van der Waals surface area contributed by atoms with Gasteiger partial charge in [-0.2, -0.15) is 5.10 Å². The summed E-state index contributed by atoms with van der Waals surface area (Å²) in [7, 11) is 0. The highest BCUT2D eigenvalue weighted by Gasteiger charge is 2.23. The summed E-state index contributed by atoms with van der Waals surface area (Å²) in [4.78, 5) is 11.7. The van der Waals surface area contributed by atoms with E-state index in [0.29, 0.717) is 11.7 Å². The number of nitrogens with one attached hydrogen (secondary N) is 1. The Morgan fingerprint density at radius 1 is 1.53 bits per heavy atom. The minimum absolute atomic E-state index is 0.0138. The molecule has 2 aromatic rings. The van der Waals surface area contributed by atoms with Crippen molar-refractivity contribution < 1.29 is 4.79 Å². The van der Waals surface area contributed by atoms with Crippen LogP contribution in [0.15, 0.2) is 24.4 Å². The zero-order valence-electron chi connectivity index (χ0n) is 9.39. The van der Waals surface area contributed by atoms with Crippen LogP contribution in [0.1, 0.15) is 12.8 Å². The number of aromatic nitrogens is 2. The molecule has 88 valence electrons. The zero-order valence-corrected chi connectivity index (χ0v) is 9.39. The van der Waals surface area contributed by atoms with Gasteiger partial charge in [0.1, 0.15) is 6.54 Å². The maximum absolute atomic E-state index is 11.7. The molecule has 1 amide bonds. The number of carbonyl (C=O) groups is 1. The lowest BCUT2D eigenvalue weighted by atomic mass is 10.2. The van der Waals surface area contributed by atoms with Gasteiger partial charge in [0.2, 0.25) is 5.91 Å². The molecule has 1 saturated carbocycles. The van der Waals surface area contributed by atoms with E-state index in [-0.39, 0.29) is 12.5 Å². The van der Waals surface area contributed by atoms with Gasteiger partial charge >= 0.3 is 0 Å². The summed E-state index contributed by atoms with van der Waals surface area (Å²) in [5.74, 6) is 0.0138. The van der Waals surface area contributed by atoms with Crippen molar-refractivity contribution in [3.05, 3.63) is 24.4 Å². The average molecular weight is 230 g/mol. The van der Waals surface area contributed by atoms with E-state index in [9.17, 15) is 4.79 Å². The number of benzene rings is 1. The maximum Gasteiger partial charge on any atom is 0.241 e. The number of hydrogen-bond acceptors (Lipinski definition) is 3. The molecule has 0 saturated heterocycles. The summed E-state index contributed by atoms with van der Waals surface area (Å²) in [6.07, 6.45) is 3.94. The number of nitrogens with two attached hydrogens (primary N) is 1. The summed E-state index contributed by atoms with van der Waals surface area (Å²) in [6.45, 7) is 0.253. The normalized spacial score (nSPS) is 15.1. The van der Waals surface area contributed by atoms with Crippen LogP contribution in [0.5, 0.6) is 0 Å². The van der Waals surface area contributed by atoms with Crippen LogP contribution in [0.4, 0.5) is 5.69 Å². The van der Waals surface area contributed by atoms with Crippen LogP contribution in [0.3, 0.4) is 0 Å². The lowest BCUT2D eigenvalue weighted by Gasteiger charge is -2.05. The topological polar surface area (TPSA) is 72.9 Å². The van der Waals surface area contributed by atoms with Gasteiger partial charge < -0.3 is 11.1 Å². The number of hydrogen-bond donors (Lipinski definition) is 2. The molecule has 5 nitrogen and oxygen atoms in total. The summed E-state index contributed by atoms with van der Waals surface area (Å²) in [6, 6.07) is 5.97. The number of fused-ring (bicyclic) bond motifs is 1. The van der Waals surface area contributed by atoms with Gasteiger partial charge in [-0.05, 0) is 31.0 Å². The molecule has 1 aromatic carbocycles. The molecule has 1 heterocycles. The van der Waals surface area contributed by atoms with Crippen molar-refractivity contribution in [1.82, 2.24) is 15.1 Å². The number of amides is 1. The van der Waals surface area contributed by atoms with E-state index in [1.165, 1.54) is 0 Å². The summed E-state index contributed by atoms with van der Waals surface area (Å²) in [5.41, 5.74) is 7.31. The summed E-state index contributed by atoms with van der Waals surface area (Å²) >= 11 is 0. The van der Waals surface area contributed by atoms with E-state index in [0.717, 1.165) is 23.7 Å². The van der Waals surface area contributed by atoms with Crippen LogP contribution in [0.2, 0.25) is 0 Å². The minimum Gasteiger partial charge on any atom is -0.399 e. The molecule has 0 spiro atoms. The molecule has 0 bridgehead atoms. The van der Waals surface area contributed by atoms with Crippen molar-refractivity contribution in [3.8, 4) is 0 Å². The van der Waals surface area contributed by atoms with E-state index in [1.807, 2.05) is 18.2 Å². The third-order valence-electron chi connectivity index (χ3n) is 2.90. The van der Waals surface area contributed by atoms with Gasteiger partial charge in [-0.15, -0.1) is 0 Å². The molecule has 1 aliphatic rings. The SMILES string of the molecule is Nc1ccc2cnn(CC(=O)NC3CC3)c2c1. The highest BCUT2D eigenvalue weighted by molar-refractivity contribution is 5.84. The van der Waals surface area contributed by atoms with E-state index >= 15 is 0 Å². The van der Waals surface area contributed by atoms with Crippen LogP contribution in [-0.4, -0.2) is 21.7 Å². The van der Waals surface area contributed by atoms with Crippen LogP contribution in [-0.2, 0) is 11.3 Å². The number of nitrogen functional groups attached to an aromatic ring is 1. The second-order valence-electron chi connectivity index (χ2n) is 4.46. The van der Waals surface area contributed by atoms with Crippen molar-refractivity contribution in [3.63, 3.8) is 0 Å². The molecular formula is C12H14N4O. The Hall–Kier alpha value is -2.04. The highest BCUT2D eigenvalue weighted by atomic mass is 16.2. The number of anilines is 1. The molecule has 0 radical (unpaired) electrons. The lowest BCUT2D eigenvalue weighted by molar-refractivity contribution is -0.121. The number of nitrogens with zero attached hydrogens (tertiary/aromatic N) is 2. The maximum atomic E-state index is 11.7. The lowest BCUT2D eigenvalue weighted by Crippen LogP contribution is -2.29. The molecule has 1 aromatic heterocycles. The standard InChI is InChI=1S/C12H14N4O/c13-9-2-1-8-6-14-16(11(8)5-9)7-12(17)15-10-3-4-10/h1-2,5-6,10H,3-4,7,13H2,(H,15,17). The van der Waals surface area contributed by atoms with Gasteiger partial charge in [0.15, 0.2) is 0 Å². The van der Waals surface area contributed by atoms with Crippen molar-refractivity contribution in [2.24, 2.45) is 0 Å². The first-order chi connectivity index (χ1) is 8.22. The van der Waals surface area contributed by atoms with Crippen LogP contribution < -0.4 is 11.1 Å². The van der Waals surface area contributed by atoms with Crippen LogP contribution in [0, 0.1) is 0 Å². The van der Waals surface area contributed by atoms with Gasteiger partial charge in [0.25, 0.3) is 0 Å². The van der Waals surface area contributed by atoms with Gasteiger partial charge in [-0.1, -0.05) is 0 Å². The number of rotatable bonds is 3. The Morgan fingerprint density at radius 3 is 3.12 bits per heavy atom. The second-order valence-corrected chi connectivity index (χ2v) is 4.46. The Kier molecular flexibility index (Phi) is 2.24. The van der Waals surface area contributed by atoms with E-state index in [4.69, 9.17) is 5.73 Å². The molecule has 1 fully saturated rings. The molecule has 3 N–H and O–H groups in total. The van der Waals surface area contributed by atoms with Crippen LogP contribution >= 0.6 is 0 Å². The van der Waals surface area contributed by atoms with Crippen LogP contribution in [0.25, 0.3) is 10.9 Å². The molecular weight excluding hydrogens is 216 g/mol. The highest BCUT2D eigenvalue weighted by Crippen LogP contribution is 2.19. The summed E-state index contributed by atoms with van der Waals surface area (Å²) < 4.78 is 1.68. The first kappa shape index (κ1) is 10.1. The minimum atomic E-state index is 0.0138. The summed E-state index contributed by atoms with van der Waals surface area (Å²) in [5, 5.41) is 8.14. The molecule has 3 rings (SSSR count).